The molecule has 25 heavy (non-hydrogen) atoms. The van der Waals surface area contributed by atoms with Gasteiger partial charge >= 0.3 is 0 Å². The van der Waals surface area contributed by atoms with Gasteiger partial charge in [-0.05, 0) is 31.5 Å². The second-order valence-corrected chi connectivity index (χ2v) is 6.82. The Morgan fingerprint density at radius 1 is 1.24 bits per heavy atom. The molecule has 1 aromatic carbocycles. The fourth-order valence-corrected chi connectivity index (χ4v) is 3.46. The van der Waals surface area contributed by atoms with Gasteiger partial charge in [0.1, 0.15) is 22.8 Å². The van der Waals surface area contributed by atoms with E-state index in [1.54, 1.807) is 12.1 Å². The molecular formula is C18H19FN4OS. The molecule has 3 aromatic rings. The molecule has 2 aromatic heterocycles. The lowest BCUT2D eigenvalue weighted by Crippen LogP contribution is -2.31. The molecule has 2 heterocycles. The maximum atomic E-state index is 13.2. The summed E-state index contributed by atoms with van der Waals surface area (Å²) in [4.78, 5) is 21.2. The van der Waals surface area contributed by atoms with Crippen LogP contribution in [-0.2, 0) is 4.79 Å². The second kappa shape index (κ2) is 7.57. The van der Waals surface area contributed by atoms with Gasteiger partial charge < -0.3 is 10.6 Å². The normalized spacial score (nSPS) is 11.0. The third kappa shape index (κ3) is 4.11. The van der Waals surface area contributed by atoms with E-state index in [4.69, 9.17) is 0 Å². The van der Waals surface area contributed by atoms with Crippen LogP contribution in [0.2, 0.25) is 0 Å². The lowest BCUT2D eigenvalue weighted by molar-refractivity contribution is -0.121. The summed E-state index contributed by atoms with van der Waals surface area (Å²) in [5, 5.41) is 8.96. The molecule has 5 nitrogen and oxygen atoms in total. The zero-order chi connectivity index (χ0) is 17.8. The molecule has 0 bridgehead atoms. The van der Waals surface area contributed by atoms with Crippen LogP contribution in [0.3, 0.4) is 0 Å². The predicted molar refractivity (Wildman–Crippen MR) is 99.2 cm³/mol. The van der Waals surface area contributed by atoms with Gasteiger partial charge in [0, 0.05) is 30.0 Å². The van der Waals surface area contributed by atoms with Crippen molar-refractivity contribution in [1.82, 2.24) is 15.3 Å². The molecule has 130 valence electrons. The number of nitrogens with zero attached hydrogens (tertiary/aromatic N) is 2. The number of rotatable bonds is 6. The van der Waals surface area contributed by atoms with Gasteiger partial charge in [-0.1, -0.05) is 12.1 Å². The van der Waals surface area contributed by atoms with Gasteiger partial charge in [0.2, 0.25) is 5.91 Å². The first-order chi connectivity index (χ1) is 12.0. The van der Waals surface area contributed by atoms with E-state index < -0.39 is 0 Å². The Morgan fingerprint density at radius 2 is 2.00 bits per heavy atom. The number of aromatic nitrogens is 2. The smallest absolute Gasteiger partial charge is 0.221 e. The minimum absolute atomic E-state index is 0.00289. The zero-order valence-corrected chi connectivity index (χ0v) is 14.9. The van der Waals surface area contributed by atoms with E-state index in [1.165, 1.54) is 29.8 Å². The summed E-state index contributed by atoms with van der Waals surface area (Å²) in [6.07, 6.45) is 1.86. The van der Waals surface area contributed by atoms with Crippen LogP contribution in [-0.4, -0.2) is 28.5 Å². The maximum Gasteiger partial charge on any atom is 0.221 e. The number of carbonyl (C=O) groups excluding carboxylic acids is 1. The largest absolute Gasteiger partial charge is 0.369 e. The quantitative estimate of drug-likeness (QED) is 0.703. The zero-order valence-electron chi connectivity index (χ0n) is 14.0. The highest BCUT2D eigenvalue weighted by Gasteiger charge is 2.13. The minimum Gasteiger partial charge on any atom is -0.369 e. The van der Waals surface area contributed by atoms with Crippen molar-refractivity contribution in [3.8, 4) is 11.1 Å². The Morgan fingerprint density at radius 3 is 2.72 bits per heavy atom. The molecule has 0 atom stereocenters. The first-order valence-electron chi connectivity index (χ1n) is 8.06. The van der Waals surface area contributed by atoms with Gasteiger partial charge in [-0.25, -0.2) is 14.4 Å². The van der Waals surface area contributed by atoms with Crippen LogP contribution in [0.4, 0.5) is 10.2 Å². The Hall–Kier alpha value is -2.54. The van der Waals surface area contributed by atoms with E-state index in [9.17, 15) is 9.18 Å². The molecule has 0 aliphatic heterocycles. The monoisotopic (exact) mass is 358 g/mol. The van der Waals surface area contributed by atoms with E-state index in [2.05, 4.69) is 20.6 Å². The highest BCUT2D eigenvalue weighted by molar-refractivity contribution is 7.17. The van der Waals surface area contributed by atoms with Gasteiger partial charge in [0.05, 0.1) is 5.39 Å². The van der Waals surface area contributed by atoms with E-state index in [0.29, 0.717) is 18.8 Å². The molecule has 7 heteroatoms. The summed E-state index contributed by atoms with van der Waals surface area (Å²) in [7, 11) is 0. The second-order valence-electron chi connectivity index (χ2n) is 5.96. The molecule has 0 spiro atoms. The lowest BCUT2D eigenvalue weighted by atomic mass is 10.1. The predicted octanol–water partition coefficient (Wildman–Crippen LogP) is 3.82. The van der Waals surface area contributed by atoms with Gasteiger partial charge in [-0.15, -0.1) is 11.3 Å². The lowest BCUT2D eigenvalue weighted by Gasteiger charge is -2.10. The highest BCUT2D eigenvalue weighted by Crippen LogP contribution is 2.36. The third-order valence-electron chi connectivity index (χ3n) is 3.62. The Labute approximate surface area is 149 Å². The fourth-order valence-electron chi connectivity index (χ4n) is 2.54. The van der Waals surface area contributed by atoms with Crippen molar-refractivity contribution in [1.29, 1.82) is 0 Å². The average molecular weight is 358 g/mol. The van der Waals surface area contributed by atoms with E-state index in [0.717, 1.165) is 21.3 Å². The van der Waals surface area contributed by atoms with E-state index >= 15 is 0 Å². The molecule has 2 N–H and O–H groups in total. The van der Waals surface area contributed by atoms with Crippen LogP contribution >= 0.6 is 11.3 Å². The molecule has 0 aliphatic carbocycles. The molecule has 0 aliphatic rings. The van der Waals surface area contributed by atoms with Crippen molar-refractivity contribution >= 4 is 33.3 Å². The van der Waals surface area contributed by atoms with Crippen LogP contribution in [0.1, 0.15) is 20.3 Å². The van der Waals surface area contributed by atoms with Crippen molar-refractivity contribution in [3.63, 3.8) is 0 Å². The Kier molecular flexibility index (Phi) is 5.23. The average Bonchev–Trinajstić information content (AvgIpc) is 3.00. The Bertz CT molecular complexity index is 876. The van der Waals surface area contributed by atoms with Crippen molar-refractivity contribution in [2.75, 3.05) is 11.9 Å². The van der Waals surface area contributed by atoms with Crippen molar-refractivity contribution < 1.29 is 9.18 Å². The first-order valence-corrected chi connectivity index (χ1v) is 8.94. The minimum atomic E-state index is -0.269. The van der Waals surface area contributed by atoms with Crippen LogP contribution in [0.25, 0.3) is 21.3 Å². The molecule has 0 fully saturated rings. The fraction of sp³-hybridized carbons (Fsp3) is 0.278. The summed E-state index contributed by atoms with van der Waals surface area (Å²) < 4.78 is 13.2. The van der Waals surface area contributed by atoms with E-state index in [-0.39, 0.29) is 17.8 Å². The number of nitrogens with one attached hydrogen (secondary N) is 2. The number of benzene rings is 1. The van der Waals surface area contributed by atoms with Crippen LogP contribution in [0.15, 0.2) is 36.0 Å². The summed E-state index contributed by atoms with van der Waals surface area (Å²) in [5.41, 5.74) is 1.86. The number of thiophene rings is 1. The molecule has 0 saturated heterocycles. The van der Waals surface area contributed by atoms with Crippen LogP contribution in [0.5, 0.6) is 0 Å². The standard InChI is InChI=1S/C18H19FN4OS/c1-11(2)23-15(24)7-8-20-17-16-14(9-25-18(16)22-10-21-17)12-3-5-13(19)6-4-12/h3-6,9-11H,7-8H2,1-2H3,(H,23,24)(H,20,21,22). The summed E-state index contributed by atoms with van der Waals surface area (Å²) in [5.74, 6) is 0.411. The third-order valence-corrected chi connectivity index (χ3v) is 4.51. The maximum absolute atomic E-state index is 13.2. The molecule has 3 rings (SSSR count). The van der Waals surface area contributed by atoms with Crippen molar-refractivity contribution in [2.45, 2.75) is 26.3 Å². The number of halogens is 1. The van der Waals surface area contributed by atoms with Gasteiger partial charge in [-0.3, -0.25) is 4.79 Å². The van der Waals surface area contributed by atoms with Crippen molar-refractivity contribution in [2.24, 2.45) is 0 Å². The molecule has 0 unspecified atom stereocenters. The van der Waals surface area contributed by atoms with E-state index in [1.807, 2.05) is 19.2 Å². The topological polar surface area (TPSA) is 66.9 Å². The van der Waals surface area contributed by atoms with Gasteiger partial charge in [0.15, 0.2) is 0 Å². The number of carbonyl (C=O) groups is 1. The highest BCUT2D eigenvalue weighted by atomic mass is 32.1. The van der Waals surface area contributed by atoms with Gasteiger partial charge in [-0.2, -0.15) is 0 Å². The summed E-state index contributed by atoms with van der Waals surface area (Å²) >= 11 is 1.51. The molecular weight excluding hydrogens is 339 g/mol. The number of hydrogen-bond donors (Lipinski definition) is 2. The van der Waals surface area contributed by atoms with Gasteiger partial charge in [0.25, 0.3) is 0 Å². The molecule has 0 radical (unpaired) electrons. The Balaban J connectivity index is 1.82. The molecule has 0 saturated carbocycles. The summed E-state index contributed by atoms with van der Waals surface area (Å²) in [6.45, 7) is 4.34. The van der Waals surface area contributed by atoms with Crippen LogP contribution < -0.4 is 10.6 Å². The van der Waals surface area contributed by atoms with Crippen LogP contribution in [0, 0.1) is 5.82 Å². The molecule has 1 amide bonds. The summed E-state index contributed by atoms with van der Waals surface area (Å²) in [6, 6.07) is 6.48. The number of anilines is 1. The number of amides is 1. The first kappa shape index (κ1) is 17.3. The SMILES string of the molecule is CC(C)NC(=O)CCNc1ncnc2scc(-c3ccc(F)cc3)c12. The number of hydrogen-bond acceptors (Lipinski definition) is 5. The van der Waals surface area contributed by atoms with Crippen molar-refractivity contribution in [3.05, 3.63) is 41.8 Å². The number of fused-ring (bicyclic) bond motifs is 1.